The number of sulfonamides is 1. The molecule has 1 amide bonds. The molecule has 1 heterocycles. The van der Waals surface area contributed by atoms with Gasteiger partial charge >= 0.3 is 0 Å². The standard InChI is InChI=1S/C23H30FN3O3S/c1-3-22(27(31(2,29)30)21-11-9-20(24)10-12-21)23(28)25-16-18-7-6-8-19(15-18)17-26-13-4-5-14-26/h6-12,15,22H,3-5,13-14,16-17H2,1-2H3,(H,25,28). The van der Waals surface area contributed by atoms with Gasteiger partial charge in [-0.3, -0.25) is 14.0 Å². The van der Waals surface area contributed by atoms with Crippen molar-refractivity contribution in [2.45, 2.75) is 45.3 Å². The number of nitrogens with one attached hydrogen (secondary N) is 1. The number of benzene rings is 2. The minimum atomic E-state index is -3.75. The molecule has 0 saturated carbocycles. The monoisotopic (exact) mass is 447 g/mol. The molecule has 0 radical (unpaired) electrons. The van der Waals surface area contributed by atoms with Crippen LogP contribution in [0.2, 0.25) is 0 Å². The van der Waals surface area contributed by atoms with E-state index in [0.29, 0.717) is 6.54 Å². The summed E-state index contributed by atoms with van der Waals surface area (Å²) in [6, 6.07) is 12.3. The Bertz CT molecular complexity index is 989. The van der Waals surface area contributed by atoms with E-state index in [9.17, 15) is 17.6 Å². The maximum atomic E-state index is 13.3. The summed E-state index contributed by atoms with van der Waals surface area (Å²) in [5.74, 6) is -0.856. The number of hydrogen-bond donors (Lipinski definition) is 1. The molecule has 6 nitrogen and oxygen atoms in total. The van der Waals surface area contributed by atoms with Crippen LogP contribution in [0.5, 0.6) is 0 Å². The first-order valence-electron chi connectivity index (χ1n) is 10.6. The average Bonchev–Trinajstić information content (AvgIpc) is 3.23. The Kier molecular flexibility index (Phi) is 7.67. The Hall–Kier alpha value is -2.45. The zero-order valence-corrected chi connectivity index (χ0v) is 18.9. The van der Waals surface area contributed by atoms with Crippen molar-refractivity contribution >= 4 is 21.6 Å². The van der Waals surface area contributed by atoms with E-state index in [-0.39, 0.29) is 18.0 Å². The summed E-state index contributed by atoms with van der Waals surface area (Å²) in [5.41, 5.74) is 2.43. The second-order valence-corrected chi connectivity index (χ2v) is 9.84. The quantitative estimate of drug-likeness (QED) is 0.641. The van der Waals surface area contributed by atoms with E-state index in [4.69, 9.17) is 0 Å². The lowest BCUT2D eigenvalue weighted by atomic mass is 10.1. The number of hydrogen-bond acceptors (Lipinski definition) is 4. The van der Waals surface area contributed by atoms with E-state index in [2.05, 4.69) is 22.3 Å². The highest BCUT2D eigenvalue weighted by atomic mass is 32.2. The summed E-state index contributed by atoms with van der Waals surface area (Å²) in [4.78, 5) is 15.4. The minimum Gasteiger partial charge on any atom is -0.350 e. The van der Waals surface area contributed by atoms with Gasteiger partial charge in [0, 0.05) is 13.1 Å². The van der Waals surface area contributed by atoms with Crippen molar-refractivity contribution < 1.29 is 17.6 Å². The van der Waals surface area contributed by atoms with Crippen LogP contribution in [0.15, 0.2) is 48.5 Å². The number of halogens is 1. The zero-order chi connectivity index (χ0) is 22.4. The SMILES string of the molecule is CCC(C(=O)NCc1cccc(CN2CCCC2)c1)N(c1ccc(F)cc1)S(C)(=O)=O. The third kappa shape index (κ3) is 6.27. The molecule has 1 N–H and O–H groups in total. The molecule has 1 aliphatic rings. The van der Waals surface area contributed by atoms with Crippen LogP contribution in [0.25, 0.3) is 0 Å². The number of anilines is 1. The van der Waals surface area contributed by atoms with Crippen LogP contribution in [-0.4, -0.2) is 44.6 Å². The molecule has 1 unspecified atom stereocenters. The van der Waals surface area contributed by atoms with Crippen LogP contribution in [0.4, 0.5) is 10.1 Å². The Morgan fingerprint density at radius 3 is 2.39 bits per heavy atom. The second-order valence-electron chi connectivity index (χ2n) is 7.98. The first-order valence-corrected chi connectivity index (χ1v) is 12.5. The molecule has 2 aromatic carbocycles. The predicted molar refractivity (Wildman–Crippen MR) is 121 cm³/mol. The Morgan fingerprint density at radius 2 is 1.77 bits per heavy atom. The zero-order valence-electron chi connectivity index (χ0n) is 18.1. The van der Waals surface area contributed by atoms with Crippen molar-refractivity contribution in [1.82, 2.24) is 10.2 Å². The van der Waals surface area contributed by atoms with Crippen molar-refractivity contribution in [3.63, 3.8) is 0 Å². The van der Waals surface area contributed by atoms with Crippen LogP contribution in [0, 0.1) is 5.82 Å². The molecule has 1 aliphatic heterocycles. The molecule has 0 aliphatic carbocycles. The van der Waals surface area contributed by atoms with Crippen molar-refractivity contribution in [1.29, 1.82) is 0 Å². The summed E-state index contributed by atoms with van der Waals surface area (Å²) in [5, 5.41) is 2.87. The highest BCUT2D eigenvalue weighted by Crippen LogP contribution is 2.23. The molecule has 1 atom stereocenters. The fourth-order valence-electron chi connectivity index (χ4n) is 3.99. The molecule has 8 heteroatoms. The smallest absolute Gasteiger partial charge is 0.244 e. The average molecular weight is 448 g/mol. The Balaban J connectivity index is 1.70. The van der Waals surface area contributed by atoms with Crippen LogP contribution < -0.4 is 9.62 Å². The Morgan fingerprint density at radius 1 is 1.13 bits per heavy atom. The minimum absolute atomic E-state index is 0.263. The van der Waals surface area contributed by atoms with E-state index in [1.54, 1.807) is 6.92 Å². The van der Waals surface area contributed by atoms with Gasteiger partial charge in [-0.25, -0.2) is 12.8 Å². The van der Waals surface area contributed by atoms with E-state index in [1.165, 1.54) is 42.7 Å². The maximum Gasteiger partial charge on any atom is 0.244 e. The highest BCUT2D eigenvalue weighted by Gasteiger charge is 2.31. The normalized spacial score (nSPS) is 15.6. The molecule has 0 spiro atoms. The van der Waals surface area contributed by atoms with Gasteiger partial charge in [-0.05, 0) is 67.7 Å². The number of rotatable bonds is 9. The molecule has 1 fully saturated rings. The molecule has 0 bridgehead atoms. The van der Waals surface area contributed by atoms with Crippen molar-refractivity contribution in [2.75, 3.05) is 23.7 Å². The second kappa shape index (κ2) is 10.2. The van der Waals surface area contributed by atoms with Crippen molar-refractivity contribution in [2.24, 2.45) is 0 Å². The van der Waals surface area contributed by atoms with E-state index < -0.39 is 21.9 Å². The van der Waals surface area contributed by atoms with Gasteiger partial charge in [-0.15, -0.1) is 0 Å². The fourth-order valence-corrected chi connectivity index (χ4v) is 5.20. The third-order valence-corrected chi connectivity index (χ3v) is 6.65. The molecule has 3 rings (SSSR count). The summed E-state index contributed by atoms with van der Waals surface area (Å²) in [6.07, 6.45) is 3.80. The number of carbonyl (C=O) groups is 1. The van der Waals surface area contributed by atoms with Gasteiger partial charge in [0.15, 0.2) is 0 Å². The Labute approximate surface area is 184 Å². The van der Waals surface area contributed by atoms with Crippen LogP contribution in [0.3, 0.4) is 0 Å². The summed E-state index contributed by atoms with van der Waals surface area (Å²) in [6.45, 7) is 5.19. The van der Waals surface area contributed by atoms with Gasteiger partial charge in [-0.1, -0.05) is 31.2 Å². The number of carbonyl (C=O) groups excluding carboxylic acids is 1. The third-order valence-electron chi connectivity index (χ3n) is 5.47. The van der Waals surface area contributed by atoms with E-state index in [0.717, 1.165) is 35.8 Å². The predicted octanol–water partition coefficient (Wildman–Crippen LogP) is 3.28. The lowest BCUT2D eigenvalue weighted by Gasteiger charge is -2.30. The van der Waals surface area contributed by atoms with Gasteiger partial charge in [0.2, 0.25) is 15.9 Å². The largest absolute Gasteiger partial charge is 0.350 e. The number of likely N-dealkylation sites (tertiary alicyclic amines) is 1. The van der Waals surface area contributed by atoms with Gasteiger partial charge < -0.3 is 5.32 Å². The summed E-state index contributed by atoms with van der Waals surface area (Å²) >= 11 is 0. The maximum absolute atomic E-state index is 13.3. The molecular formula is C23H30FN3O3S. The van der Waals surface area contributed by atoms with E-state index in [1.807, 2.05) is 12.1 Å². The van der Waals surface area contributed by atoms with Gasteiger partial charge in [0.25, 0.3) is 0 Å². The lowest BCUT2D eigenvalue weighted by molar-refractivity contribution is -0.122. The van der Waals surface area contributed by atoms with Crippen molar-refractivity contribution in [3.8, 4) is 0 Å². The van der Waals surface area contributed by atoms with Crippen LogP contribution in [0.1, 0.15) is 37.3 Å². The first kappa shape index (κ1) is 23.2. The molecule has 1 saturated heterocycles. The van der Waals surface area contributed by atoms with Gasteiger partial charge in [-0.2, -0.15) is 0 Å². The number of nitrogens with zero attached hydrogens (tertiary/aromatic N) is 2. The molecule has 0 aromatic heterocycles. The first-order chi connectivity index (χ1) is 14.8. The van der Waals surface area contributed by atoms with Gasteiger partial charge in [0.05, 0.1) is 11.9 Å². The van der Waals surface area contributed by atoms with Crippen molar-refractivity contribution in [3.05, 3.63) is 65.5 Å². The number of amides is 1. The molecule has 168 valence electrons. The summed E-state index contributed by atoms with van der Waals surface area (Å²) in [7, 11) is -3.75. The van der Waals surface area contributed by atoms with Crippen LogP contribution in [-0.2, 0) is 27.9 Å². The molecular weight excluding hydrogens is 417 g/mol. The molecule has 2 aromatic rings. The molecule has 31 heavy (non-hydrogen) atoms. The lowest BCUT2D eigenvalue weighted by Crippen LogP contribution is -2.49. The summed E-state index contributed by atoms with van der Waals surface area (Å²) < 4.78 is 39.3. The van der Waals surface area contributed by atoms with E-state index >= 15 is 0 Å². The fraction of sp³-hybridized carbons (Fsp3) is 0.435. The topological polar surface area (TPSA) is 69.7 Å². The van der Waals surface area contributed by atoms with Crippen LogP contribution >= 0.6 is 0 Å². The van der Waals surface area contributed by atoms with Gasteiger partial charge in [0.1, 0.15) is 11.9 Å². The highest BCUT2D eigenvalue weighted by molar-refractivity contribution is 7.92.